The molecule has 0 N–H and O–H groups in total. The van der Waals surface area contributed by atoms with E-state index in [1.807, 2.05) is 37.3 Å². The van der Waals surface area contributed by atoms with Crippen LogP contribution in [0, 0.1) is 5.82 Å². The lowest BCUT2D eigenvalue weighted by Gasteiger charge is -2.22. The van der Waals surface area contributed by atoms with Gasteiger partial charge in [-0.25, -0.2) is 9.18 Å². The van der Waals surface area contributed by atoms with E-state index in [4.69, 9.17) is 14.2 Å². The van der Waals surface area contributed by atoms with Gasteiger partial charge in [-0.3, -0.25) is 4.79 Å². The van der Waals surface area contributed by atoms with E-state index < -0.39 is 11.8 Å². The fraction of sp³-hybridized carbons (Fsp3) is 0.0769. The minimum Gasteiger partial charge on any atom is -0.485 e. The maximum absolute atomic E-state index is 13.8. The van der Waals surface area contributed by atoms with Crippen molar-refractivity contribution in [2.45, 2.75) is 13.0 Å². The van der Waals surface area contributed by atoms with Gasteiger partial charge in [0.2, 0.25) is 5.78 Å². The summed E-state index contributed by atoms with van der Waals surface area (Å²) in [5, 5.41) is 0. The largest absolute Gasteiger partial charge is 0.485 e. The van der Waals surface area contributed by atoms with Gasteiger partial charge in [-0.05, 0) is 55.0 Å². The second kappa shape index (κ2) is 7.81. The molecule has 0 bridgehead atoms. The van der Waals surface area contributed by atoms with E-state index in [1.54, 1.807) is 12.1 Å². The summed E-state index contributed by atoms with van der Waals surface area (Å²) in [7, 11) is 0. The Morgan fingerprint density at radius 3 is 2.66 bits per heavy atom. The first-order valence-electron chi connectivity index (χ1n) is 10.0. The fourth-order valence-electron chi connectivity index (χ4n) is 3.59. The molecule has 0 radical (unpaired) electrons. The maximum atomic E-state index is 13.8. The molecule has 0 spiro atoms. The Morgan fingerprint density at radius 1 is 1.03 bits per heavy atom. The number of hydrogen-bond donors (Lipinski definition) is 0. The summed E-state index contributed by atoms with van der Waals surface area (Å²) in [5.41, 5.74) is 1.89. The SMILES string of the molecule is CC1Oc2ccccc2C=C1C=C1Oc2cc(OC(=O)c3ccccc3F)ccc2C1=O. The Balaban J connectivity index is 1.39. The van der Waals surface area contributed by atoms with Crippen molar-refractivity contribution in [1.29, 1.82) is 0 Å². The number of rotatable bonds is 3. The van der Waals surface area contributed by atoms with Crippen molar-refractivity contribution in [2.24, 2.45) is 0 Å². The zero-order valence-electron chi connectivity index (χ0n) is 17.0. The molecule has 3 aromatic carbocycles. The number of ketones is 1. The molecule has 0 fully saturated rings. The van der Waals surface area contributed by atoms with Crippen LogP contribution in [0.15, 0.2) is 84.1 Å². The number of fused-ring (bicyclic) bond motifs is 2. The molecule has 2 aliphatic heterocycles. The quantitative estimate of drug-likeness (QED) is 0.319. The minimum absolute atomic E-state index is 0.147. The summed E-state index contributed by atoms with van der Waals surface area (Å²) in [6.45, 7) is 1.89. The molecule has 0 saturated heterocycles. The number of esters is 1. The molecule has 0 aliphatic carbocycles. The van der Waals surface area contributed by atoms with Crippen LogP contribution in [0.2, 0.25) is 0 Å². The molecule has 1 atom stereocenters. The van der Waals surface area contributed by atoms with Crippen molar-refractivity contribution in [3.05, 3.63) is 107 Å². The number of carbonyl (C=O) groups excluding carboxylic acids is 2. The highest BCUT2D eigenvalue weighted by atomic mass is 19.1. The van der Waals surface area contributed by atoms with Crippen LogP contribution in [0.25, 0.3) is 6.08 Å². The summed E-state index contributed by atoms with van der Waals surface area (Å²) in [4.78, 5) is 25.1. The number of ether oxygens (including phenoxy) is 3. The van der Waals surface area contributed by atoms with Crippen LogP contribution in [0.3, 0.4) is 0 Å². The smallest absolute Gasteiger partial charge is 0.346 e. The van der Waals surface area contributed by atoms with Crippen molar-refractivity contribution in [3.63, 3.8) is 0 Å². The zero-order chi connectivity index (χ0) is 22.2. The lowest BCUT2D eigenvalue weighted by atomic mass is 10.0. The number of Topliss-reactive ketones (excluding diaryl/α,β-unsaturated/α-hetero) is 1. The van der Waals surface area contributed by atoms with Gasteiger partial charge in [0.25, 0.3) is 0 Å². The molecule has 5 nitrogen and oxygen atoms in total. The minimum atomic E-state index is -0.833. The number of carbonyl (C=O) groups is 2. The normalized spacial score (nSPS) is 17.7. The van der Waals surface area contributed by atoms with Crippen molar-refractivity contribution in [1.82, 2.24) is 0 Å². The Hall–Kier alpha value is -4.19. The highest BCUT2D eigenvalue weighted by Gasteiger charge is 2.29. The van der Waals surface area contributed by atoms with Gasteiger partial charge >= 0.3 is 5.97 Å². The molecular formula is C26H17FO5. The standard InChI is InChI=1S/C26H17FO5/c1-15-17(12-16-6-2-5-9-22(16)30-15)13-24-25(28)20-11-10-18(14-23(20)32-24)31-26(29)19-7-3-4-8-21(19)27/h2-15H,1H3. The van der Waals surface area contributed by atoms with Crippen molar-refractivity contribution in [3.8, 4) is 17.2 Å². The van der Waals surface area contributed by atoms with Crippen LogP contribution < -0.4 is 14.2 Å². The Labute approximate surface area is 183 Å². The highest BCUT2D eigenvalue weighted by Crippen LogP contribution is 2.36. The number of halogens is 1. The predicted octanol–water partition coefficient (Wildman–Crippen LogP) is 5.37. The monoisotopic (exact) mass is 428 g/mol. The van der Waals surface area contributed by atoms with Crippen LogP contribution in [0.5, 0.6) is 17.2 Å². The third kappa shape index (κ3) is 3.56. The molecule has 158 valence electrons. The van der Waals surface area contributed by atoms with Gasteiger partial charge in [-0.1, -0.05) is 30.3 Å². The van der Waals surface area contributed by atoms with Crippen LogP contribution >= 0.6 is 0 Å². The first kappa shape index (κ1) is 19.8. The van der Waals surface area contributed by atoms with Crippen LogP contribution in [-0.4, -0.2) is 17.9 Å². The molecule has 2 heterocycles. The third-order valence-corrected chi connectivity index (χ3v) is 5.26. The third-order valence-electron chi connectivity index (χ3n) is 5.26. The molecule has 3 aromatic rings. The van der Waals surface area contributed by atoms with Crippen molar-refractivity contribution in [2.75, 3.05) is 0 Å². The summed E-state index contributed by atoms with van der Waals surface area (Å²) in [6.07, 6.45) is 3.36. The van der Waals surface area contributed by atoms with Crippen LogP contribution in [0.4, 0.5) is 4.39 Å². The van der Waals surface area contributed by atoms with E-state index >= 15 is 0 Å². The van der Waals surface area contributed by atoms with E-state index in [1.165, 1.54) is 36.4 Å². The lowest BCUT2D eigenvalue weighted by Crippen LogP contribution is -2.18. The van der Waals surface area contributed by atoms with Gasteiger partial charge in [0.15, 0.2) is 5.76 Å². The molecule has 0 saturated carbocycles. The van der Waals surface area contributed by atoms with Gasteiger partial charge in [0.05, 0.1) is 11.1 Å². The second-order valence-corrected chi connectivity index (χ2v) is 7.41. The predicted molar refractivity (Wildman–Crippen MR) is 115 cm³/mol. The molecular weight excluding hydrogens is 411 g/mol. The van der Waals surface area contributed by atoms with Gasteiger partial charge in [0.1, 0.15) is 29.2 Å². The first-order chi connectivity index (χ1) is 15.5. The van der Waals surface area contributed by atoms with Gasteiger partial charge in [0, 0.05) is 11.6 Å². The van der Waals surface area contributed by atoms with Gasteiger partial charge in [-0.2, -0.15) is 0 Å². The molecule has 1 unspecified atom stereocenters. The molecule has 0 amide bonds. The van der Waals surface area contributed by atoms with Crippen molar-refractivity contribution >= 4 is 17.8 Å². The topological polar surface area (TPSA) is 61.8 Å². The Morgan fingerprint density at radius 2 is 1.81 bits per heavy atom. The molecule has 2 aliphatic rings. The Kier molecular flexibility index (Phi) is 4.82. The summed E-state index contributed by atoms with van der Waals surface area (Å²) < 4.78 is 30.8. The second-order valence-electron chi connectivity index (χ2n) is 7.41. The molecule has 6 heteroatoms. The average Bonchev–Trinajstić information content (AvgIpc) is 3.09. The van der Waals surface area contributed by atoms with E-state index in [2.05, 4.69) is 0 Å². The number of hydrogen-bond acceptors (Lipinski definition) is 5. The zero-order valence-corrected chi connectivity index (χ0v) is 17.0. The van der Waals surface area contributed by atoms with Gasteiger partial charge < -0.3 is 14.2 Å². The molecule has 5 rings (SSSR count). The van der Waals surface area contributed by atoms with Crippen LogP contribution in [-0.2, 0) is 0 Å². The van der Waals surface area contributed by atoms with E-state index in [0.717, 1.165) is 16.9 Å². The molecule has 0 aromatic heterocycles. The van der Waals surface area contributed by atoms with Crippen molar-refractivity contribution < 1.29 is 28.2 Å². The summed E-state index contributed by atoms with van der Waals surface area (Å²) in [5.74, 6) is -0.434. The van der Waals surface area contributed by atoms with E-state index in [9.17, 15) is 14.0 Å². The summed E-state index contributed by atoms with van der Waals surface area (Å²) in [6, 6.07) is 17.6. The average molecular weight is 428 g/mol. The molecule has 32 heavy (non-hydrogen) atoms. The van der Waals surface area contributed by atoms with Gasteiger partial charge in [-0.15, -0.1) is 0 Å². The Bertz CT molecular complexity index is 1320. The number of benzene rings is 3. The maximum Gasteiger partial charge on any atom is 0.346 e. The lowest BCUT2D eigenvalue weighted by molar-refractivity contribution is 0.0729. The highest BCUT2D eigenvalue weighted by molar-refractivity contribution is 6.12. The van der Waals surface area contributed by atoms with E-state index in [0.29, 0.717) is 5.56 Å². The fourth-order valence-corrected chi connectivity index (χ4v) is 3.59. The summed E-state index contributed by atoms with van der Waals surface area (Å²) >= 11 is 0. The number of allylic oxidation sites excluding steroid dienone is 1. The van der Waals surface area contributed by atoms with E-state index in [-0.39, 0.29) is 34.7 Å². The first-order valence-corrected chi connectivity index (χ1v) is 10.0. The van der Waals surface area contributed by atoms with Crippen LogP contribution in [0.1, 0.15) is 33.2 Å². The number of para-hydroxylation sites is 1.